The highest BCUT2D eigenvalue weighted by molar-refractivity contribution is 6.20. The van der Waals surface area contributed by atoms with Crippen LogP contribution in [0.5, 0.6) is 0 Å². The third-order valence-corrected chi connectivity index (χ3v) is 3.60. The zero-order valence-corrected chi connectivity index (χ0v) is 11.9. The minimum atomic E-state index is -0.915. The Labute approximate surface area is 118 Å². The third-order valence-electron chi connectivity index (χ3n) is 3.17. The van der Waals surface area contributed by atoms with Crippen LogP contribution in [0, 0.1) is 17.5 Å². The molecular formula is C15H20ClF3. The van der Waals surface area contributed by atoms with E-state index in [2.05, 4.69) is 6.92 Å². The summed E-state index contributed by atoms with van der Waals surface area (Å²) in [5.41, 5.74) is -0.211. The molecule has 1 aromatic rings. The van der Waals surface area contributed by atoms with E-state index >= 15 is 0 Å². The average Bonchev–Trinajstić information content (AvgIpc) is 2.32. The molecule has 1 unspecified atom stereocenters. The monoisotopic (exact) mass is 292 g/mol. The van der Waals surface area contributed by atoms with Crippen molar-refractivity contribution in [2.75, 3.05) is 0 Å². The van der Waals surface area contributed by atoms with Gasteiger partial charge < -0.3 is 0 Å². The molecule has 108 valence electrons. The number of rotatable bonds is 8. The van der Waals surface area contributed by atoms with E-state index in [1.807, 2.05) is 0 Å². The van der Waals surface area contributed by atoms with Crippen molar-refractivity contribution in [2.45, 2.75) is 57.2 Å². The van der Waals surface area contributed by atoms with Crippen molar-refractivity contribution in [2.24, 2.45) is 0 Å². The third kappa shape index (κ3) is 5.43. The van der Waals surface area contributed by atoms with E-state index in [1.54, 1.807) is 0 Å². The number of alkyl halides is 1. The average molecular weight is 293 g/mol. The van der Waals surface area contributed by atoms with Crippen LogP contribution >= 0.6 is 11.6 Å². The zero-order valence-electron chi connectivity index (χ0n) is 11.2. The minimum absolute atomic E-state index is 0.211. The van der Waals surface area contributed by atoms with Crippen LogP contribution in [0.25, 0.3) is 0 Å². The number of unbranched alkanes of at least 4 members (excludes halogenated alkanes) is 5. The minimum Gasteiger partial charge on any atom is -0.207 e. The van der Waals surface area contributed by atoms with Crippen molar-refractivity contribution in [3.05, 3.63) is 35.1 Å². The maximum atomic E-state index is 13.5. The number of benzene rings is 1. The Morgan fingerprint density at radius 3 is 2.05 bits per heavy atom. The molecule has 0 N–H and O–H groups in total. The SMILES string of the molecule is CCCCCCCCC(Cl)c1c(F)cc(F)cc1F. The van der Waals surface area contributed by atoms with Gasteiger partial charge in [0.2, 0.25) is 0 Å². The molecule has 1 atom stereocenters. The van der Waals surface area contributed by atoms with Gasteiger partial charge >= 0.3 is 0 Å². The van der Waals surface area contributed by atoms with Crippen molar-refractivity contribution >= 4 is 11.6 Å². The van der Waals surface area contributed by atoms with Gasteiger partial charge in [0, 0.05) is 17.7 Å². The van der Waals surface area contributed by atoms with Crippen molar-refractivity contribution in [3.63, 3.8) is 0 Å². The van der Waals surface area contributed by atoms with Crippen LogP contribution in [0.3, 0.4) is 0 Å². The quantitative estimate of drug-likeness (QED) is 0.399. The molecule has 4 heteroatoms. The summed E-state index contributed by atoms with van der Waals surface area (Å²) in [6.45, 7) is 2.15. The summed E-state index contributed by atoms with van der Waals surface area (Å²) in [6, 6.07) is 1.35. The molecule has 0 fully saturated rings. The van der Waals surface area contributed by atoms with Crippen molar-refractivity contribution in [1.82, 2.24) is 0 Å². The van der Waals surface area contributed by atoms with Gasteiger partial charge in [0.05, 0.1) is 5.38 Å². The summed E-state index contributed by atoms with van der Waals surface area (Å²) in [5.74, 6) is -2.71. The van der Waals surface area contributed by atoms with Crippen LogP contribution in [-0.4, -0.2) is 0 Å². The Hall–Kier alpha value is -0.700. The van der Waals surface area contributed by atoms with Crippen LogP contribution < -0.4 is 0 Å². The molecule has 0 nitrogen and oxygen atoms in total. The molecule has 0 radical (unpaired) electrons. The standard InChI is InChI=1S/C15H20ClF3/c1-2-3-4-5-6-7-8-12(16)15-13(18)9-11(17)10-14(15)19/h9-10,12H,2-8H2,1H3. The molecule has 0 aliphatic carbocycles. The summed E-state index contributed by atoms with van der Waals surface area (Å²) in [6.07, 6.45) is 7.04. The molecule has 0 heterocycles. The summed E-state index contributed by atoms with van der Waals surface area (Å²) >= 11 is 6.01. The largest absolute Gasteiger partial charge is 0.207 e. The van der Waals surface area contributed by atoms with Crippen molar-refractivity contribution in [1.29, 1.82) is 0 Å². The molecular weight excluding hydrogens is 273 g/mol. The lowest BCUT2D eigenvalue weighted by Gasteiger charge is -2.12. The summed E-state index contributed by atoms with van der Waals surface area (Å²) in [7, 11) is 0. The molecule has 1 aromatic carbocycles. The summed E-state index contributed by atoms with van der Waals surface area (Å²) in [5, 5.41) is -0.730. The van der Waals surface area contributed by atoms with E-state index in [9.17, 15) is 13.2 Å². The second-order valence-corrected chi connectivity index (χ2v) is 5.33. The first-order valence-electron chi connectivity index (χ1n) is 6.84. The van der Waals surface area contributed by atoms with Gasteiger partial charge in [-0.3, -0.25) is 0 Å². The first-order valence-corrected chi connectivity index (χ1v) is 7.28. The Morgan fingerprint density at radius 2 is 1.47 bits per heavy atom. The molecule has 1 rings (SSSR count). The van der Waals surface area contributed by atoms with Crippen molar-refractivity contribution in [3.8, 4) is 0 Å². The van der Waals surface area contributed by atoms with E-state index in [0.717, 1.165) is 19.3 Å². The van der Waals surface area contributed by atoms with Gasteiger partial charge in [0.15, 0.2) is 0 Å². The lowest BCUT2D eigenvalue weighted by molar-refractivity contribution is 0.509. The van der Waals surface area contributed by atoms with E-state index in [-0.39, 0.29) is 5.56 Å². The molecule has 0 aliphatic heterocycles. The predicted octanol–water partition coefficient (Wildman–Crippen LogP) is 6.13. The van der Waals surface area contributed by atoms with Crippen molar-refractivity contribution < 1.29 is 13.2 Å². The molecule has 0 bridgehead atoms. The second-order valence-electron chi connectivity index (χ2n) is 4.81. The first-order chi connectivity index (χ1) is 9.06. The van der Waals surface area contributed by atoms with Gasteiger partial charge in [-0.1, -0.05) is 45.4 Å². The Kier molecular flexibility index (Phi) is 7.29. The van der Waals surface area contributed by atoms with Crippen LogP contribution in [0.1, 0.15) is 62.8 Å². The van der Waals surface area contributed by atoms with Crippen LogP contribution in [0.15, 0.2) is 12.1 Å². The molecule has 0 aliphatic rings. The lowest BCUT2D eigenvalue weighted by Crippen LogP contribution is -2.01. The molecule has 0 aromatic heterocycles. The highest BCUT2D eigenvalue weighted by Gasteiger charge is 2.19. The predicted molar refractivity (Wildman–Crippen MR) is 72.9 cm³/mol. The fourth-order valence-electron chi connectivity index (χ4n) is 2.10. The number of halogens is 4. The lowest BCUT2D eigenvalue weighted by atomic mass is 10.0. The Balaban J connectivity index is 2.43. The van der Waals surface area contributed by atoms with Crippen LogP contribution in [0.4, 0.5) is 13.2 Å². The second kappa shape index (κ2) is 8.47. The molecule has 19 heavy (non-hydrogen) atoms. The highest BCUT2D eigenvalue weighted by atomic mass is 35.5. The zero-order chi connectivity index (χ0) is 14.3. The van der Waals surface area contributed by atoms with Gasteiger partial charge in [0.1, 0.15) is 17.5 Å². The van der Waals surface area contributed by atoms with Gasteiger partial charge in [-0.2, -0.15) is 0 Å². The molecule has 0 spiro atoms. The fourth-order valence-corrected chi connectivity index (χ4v) is 2.46. The normalized spacial score (nSPS) is 12.7. The van der Waals surface area contributed by atoms with E-state index in [0.29, 0.717) is 18.6 Å². The van der Waals surface area contributed by atoms with E-state index in [1.165, 1.54) is 19.3 Å². The van der Waals surface area contributed by atoms with Crippen LogP contribution in [0.2, 0.25) is 0 Å². The van der Waals surface area contributed by atoms with Gasteiger partial charge in [-0.05, 0) is 6.42 Å². The van der Waals surface area contributed by atoms with Gasteiger partial charge in [-0.15, -0.1) is 11.6 Å². The first kappa shape index (κ1) is 16.4. The molecule has 0 saturated carbocycles. The van der Waals surface area contributed by atoms with Gasteiger partial charge in [-0.25, -0.2) is 13.2 Å². The Morgan fingerprint density at radius 1 is 0.947 bits per heavy atom. The smallest absolute Gasteiger partial charge is 0.133 e. The fraction of sp³-hybridized carbons (Fsp3) is 0.600. The number of hydrogen-bond acceptors (Lipinski definition) is 0. The maximum absolute atomic E-state index is 13.5. The van der Waals surface area contributed by atoms with Crippen LogP contribution in [-0.2, 0) is 0 Å². The summed E-state index contributed by atoms with van der Waals surface area (Å²) in [4.78, 5) is 0. The molecule has 0 saturated heterocycles. The maximum Gasteiger partial charge on any atom is 0.133 e. The number of hydrogen-bond donors (Lipinski definition) is 0. The van der Waals surface area contributed by atoms with E-state index < -0.39 is 22.8 Å². The summed E-state index contributed by atoms with van der Waals surface area (Å²) < 4.78 is 39.7. The molecule has 0 amide bonds. The highest BCUT2D eigenvalue weighted by Crippen LogP contribution is 2.31. The Bertz CT molecular complexity index is 370. The van der Waals surface area contributed by atoms with E-state index in [4.69, 9.17) is 11.6 Å². The van der Waals surface area contributed by atoms with Gasteiger partial charge in [0.25, 0.3) is 0 Å². The topological polar surface area (TPSA) is 0 Å².